The fourth-order valence-corrected chi connectivity index (χ4v) is 5.37. The Hall–Kier alpha value is -3.06. The van der Waals surface area contributed by atoms with Crippen LogP contribution in [0, 0.1) is 5.41 Å². The predicted molar refractivity (Wildman–Crippen MR) is 150 cm³/mol. The first-order chi connectivity index (χ1) is 18.5. The van der Waals surface area contributed by atoms with Crippen molar-refractivity contribution in [1.29, 1.82) is 0 Å². The minimum atomic E-state index is -0.357. The molecule has 0 aliphatic carbocycles. The summed E-state index contributed by atoms with van der Waals surface area (Å²) in [6, 6.07) is 15.5. The van der Waals surface area contributed by atoms with Gasteiger partial charge in [0.05, 0.1) is 23.6 Å². The minimum Gasteiger partial charge on any atom is -0.494 e. The van der Waals surface area contributed by atoms with Gasteiger partial charge in [0.1, 0.15) is 18.1 Å². The molecule has 7 nitrogen and oxygen atoms in total. The second-order valence-corrected chi connectivity index (χ2v) is 10.8. The summed E-state index contributed by atoms with van der Waals surface area (Å²) in [4.78, 5) is 28.8. The highest BCUT2D eigenvalue weighted by Gasteiger charge is 2.41. The first kappa shape index (κ1) is 28.0. The molecule has 0 saturated carbocycles. The van der Waals surface area contributed by atoms with Crippen molar-refractivity contribution in [3.8, 4) is 11.5 Å². The quantitative estimate of drug-likeness (QED) is 0.582. The molecule has 0 radical (unpaired) electrons. The lowest BCUT2D eigenvalue weighted by Crippen LogP contribution is -2.51. The van der Waals surface area contributed by atoms with Crippen LogP contribution in [-0.4, -0.2) is 55.6 Å². The average Bonchev–Trinajstić information content (AvgIpc) is 2.94. The number of ether oxygens (including phenoxy) is 2. The van der Waals surface area contributed by atoms with Crippen molar-refractivity contribution in [3.63, 3.8) is 0 Å². The number of carbonyl (C=O) groups excluding carboxylic acids is 2. The van der Waals surface area contributed by atoms with Gasteiger partial charge in [-0.2, -0.15) is 0 Å². The van der Waals surface area contributed by atoms with Gasteiger partial charge in [0.25, 0.3) is 5.91 Å². The van der Waals surface area contributed by atoms with E-state index in [0.717, 1.165) is 76.9 Å². The van der Waals surface area contributed by atoms with E-state index in [2.05, 4.69) is 34.6 Å². The van der Waals surface area contributed by atoms with Crippen molar-refractivity contribution >= 4 is 11.8 Å². The molecular formula is C31H43N3O4. The topological polar surface area (TPSA) is 79.9 Å². The molecular weight excluding hydrogens is 478 g/mol. The Bertz CT molecular complexity index is 1050. The normalized spacial score (nSPS) is 21.3. The maximum absolute atomic E-state index is 13.7. The van der Waals surface area contributed by atoms with E-state index in [4.69, 9.17) is 9.47 Å². The molecule has 2 N–H and O–H groups in total. The molecule has 1 fully saturated rings. The van der Waals surface area contributed by atoms with Crippen molar-refractivity contribution in [2.24, 2.45) is 5.41 Å². The fourth-order valence-electron chi connectivity index (χ4n) is 5.37. The number of amides is 2. The smallest absolute Gasteiger partial charge is 0.255 e. The molecule has 1 saturated heterocycles. The summed E-state index contributed by atoms with van der Waals surface area (Å²) in [5.74, 6) is 1.50. The Morgan fingerprint density at radius 3 is 2.53 bits per heavy atom. The van der Waals surface area contributed by atoms with Crippen LogP contribution in [0.2, 0.25) is 0 Å². The minimum absolute atomic E-state index is 0.112. The number of hydrogen-bond acceptors (Lipinski definition) is 5. The first-order valence-corrected chi connectivity index (χ1v) is 14.2. The van der Waals surface area contributed by atoms with Crippen molar-refractivity contribution in [2.45, 2.75) is 71.4 Å². The lowest BCUT2D eigenvalue weighted by Gasteiger charge is -2.41. The number of nitrogens with one attached hydrogen (secondary N) is 2. The lowest BCUT2D eigenvalue weighted by molar-refractivity contribution is -0.135. The van der Waals surface area contributed by atoms with Gasteiger partial charge in [-0.05, 0) is 81.9 Å². The highest BCUT2D eigenvalue weighted by atomic mass is 16.5. The summed E-state index contributed by atoms with van der Waals surface area (Å²) in [5.41, 5.74) is 1.45. The second-order valence-electron chi connectivity index (χ2n) is 10.8. The SMILES string of the molecule is CCCOc1ccc(CN2CCC3(CCCCCNC(=O)c4ccccc4OC[C@H](C)NC3=O)CC2)cc1. The van der Waals surface area contributed by atoms with Crippen LogP contribution < -0.4 is 20.1 Å². The number of likely N-dealkylation sites (tertiary alicyclic amines) is 1. The predicted octanol–water partition coefficient (Wildman–Crippen LogP) is 4.95. The molecule has 0 aromatic heterocycles. The van der Waals surface area contributed by atoms with Crippen molar-refractivity contribution in [2.75, 3.05) is 32.8 Å². The zero-order valence-corrected chi connectivity index (χ0v) is 23.0. The number of nitrogens with zero attached hydrogens (tertiary/aromatic N) is 1. The Kier molecular flexibility index (Phi) is 10.0. The molecule has 0 unspecified atom stereocenters. The summed E-state index contributed by atoms with van der Waals surface area (Å²) in [7, 11) is 0. The van der Waals surface area contributed by atoms with E-state index in [-0.39, 0.29) is 23.3 Å². The maximum Gasteiger partial charge on any atom is 0.255 e. The third-order valence-electron chi connectivity index (χ3n) is 7.71. The van der Waals surface area contributed by atoms with Crippen molar-refractivity contribution in [1.82, 2.24) is 15.5 Å². The Labute approximate surface area is 227 Å². The monoisotopic (exact) mass is 521 g/mol. The number of fused-ring (bicyclic) bond motifs is 1. The molecule has 2 aliphatic heterocycles. The average molecular weight is 522 g/mol. The number of rotatable bonds is 5. The van der Waals surface area contributed by atoms with Crippen LogP contribution in [0.5, 0.6) is 11.5 Å². The van der Waals surface area contributed by atoms with Crippen LogP contribution in [0.15, 0.2) is 48.5 Å². The number of hydrogen-bond donors (Lipinski definition) is 2. The molecule has 206 valence electrons. The van der Waals surface area contributed by atoms with Gasteiger partial charge in [-0.25, -0.2) is 0 Å². The highest BCUT2D eigenvalue weighted by molar-refractivity contribution is 5.96. The van der Waals surface area contributed by atoms with Crippen LogP contribution >= 0.6 is 0 Å². The molecule has 7 heteroatoms. The Morgan fingerprint density at radius 2 is 1.76 bits per heavy atom. The van der Waals surface area contributed by atoms with E-state index >= 15 is 0 Å². The number of para-hydroxylation sites is 1. The van der Waals surface area contributed by atoms with Gasteiger partial charge in [0, 0.05) is 13.1 Å². The lowest BCUT2D eigenvalue weighted by atomic mass is 9.73. The molecule has 2 aromatic carbocycles. The molecule has 1 spiro atoms. The third kappa shape index (κ3) is 7.50. The Morgan fingerprint density at radius 1 is 1.00 bits per heavy atom. The molecule has 0 bridgehead atoms. The van der Waals surface area contributed by atoms with Crippen LogP contribution in [0.25, 0.3) is 0 Å². The van der Waals surface area contributed by atoms with E-state index in [1.165, 1.54) is 5.56 Å². The van der Waals surface area contributed by atoms with Crippen LogP contribution in [0.1, 0.15) is 74.7 Å². The fraction of sp³-hybridized carbons (Fsp3) is 0.548. The van der Waals surface area contributed by atoms with E-state index < -0.39 is 0 Å². The van der Waals surface area contributed by atoms with E-state index in [9.17, 15) is 9.59 Å². The summed E-state index contributed by atoms with van der Waals surface area (Å²) >= 11 is 0. The van der Waals surface area contributed by atoms with Gasteiger partial charge in [-0.15, -0.1) is 0 Å². The zero-order valence-electron chi connectivity index (χ0n) is 23.0. The molecule has 4 rings (SSSR count). The van der Waals surface area contributed by atoms with Gasteiger partial charge < -0.3 is 20.1 Å². The first-order valence-electron chi connectivity index (χ1n) is 14.2. The summed E-state index contributed by atoms with van der Waals surface area (Å²) in [6.07, 6.45) is 6.43. The summed E-state index contributed by atoms with van der Waals surface area (Å²) < 4.78 is 11.7. The van der Waals surface area contributed by atoms with Gasteiger partial charge in [0.2, 0.25) is 5.91 Å². The number of piperidine rings is 1. The largest absolute Gasteiger partial charge is 0.494 e. The molecule has 2 aliphatic rings. The van der Waals surface area contributed by atoms with Crippen molar-refractivity contribution in [3.05, 3.63) is 59.7 Å². The van der Waals surface area contributed by atoms with Crippen LogP contribution in [0.4, 0.5) is 0 Å². The summed E-state index contributed by atoms with van der Waals surface area (Å²) in [6.45, 7) is 8.43. The number of carbonyl (C=O) groups is 2. The van der Waals surface area contributed by atoms with Gasteiger partial charge in [-0.1, -0.05) is 44.0 Å². The molecule has 38 heavy (non-hydrogen) atoms. The second kappa shape index (κ2) is 13.7. The van der Waals surface area contributed by atoms with E-state index in [0.29, 0.717) is 24.5 Å². The summed E-state index contributed by atoms with van der Waals surface area (Å²) in [5, 5.41) is 6.27. The molecule has 2 heterocycles. The molecule has 1 atom stereocenters. The standard InChI is InChI=1S/C31H43N3O4/c1-3-21-37-26-13-11-25(12-14-26)22-34-19-16-31(17-20-34)15-7-4-8-18-32-29(35)27-9-5-6-10-28(27)38-23-24(2)33-30(31)36/h5-6,9-14,24H,3-4,7-8,15-23H2,1-2H3,(H,32,35)(H,33,36)/t24-/m0/s1. The molecule has 2 amide bonds. The van der Waals surface area contributed by atoms with Gasteiger partial charge in [-0.3, -0.25) is 14.5 Å². The van der Waals surface area contributed by atoms with E-state index in [1.807, 2.05) is 37.3 Å². The Balaban J connectivity index is 1.38. The zero-order chi connectivity index (χ0) is 26.8. The number of benzene rings is 2. The third-order valence-corrected chi connectivity index (χ3v) is 7.71. The van der Waals surface area contributed by atoms with Crippen LogP contribution in [-0.2, 0) is 11.3 Å². The van der Waals surface area contributed by atoms with Crippen LogP contribution in [0.3, 0.4) is 0 Å². The van der Waals surface area contributed by atoms with Gasteiger partial charge >= 0.3 is 0 Å². The highest BCUT2D eigenvalue weighted by Crippen LogP contribution is 2.38. The van der Waals surface area contributed by atoms with E-state index in [1.54, 1.807) is 6.07 Å². The van der Waals surface area contributed by atoms with Gasteiger partial charge in [0.15, 0.2) is 0 Å². The molecule has 2 aromatic rings. The maximum atomic E-state index is 13.7. The van der Waals surface area contributed by atoms with Crippen molar-refractivity contribution < 1.29 is 19.1 Å².